The Morgan fingerprint density at radius 2 is 1.79 bits per heavy atom. The number of carboxylic acid groups (broad SMARTS) is 1. The quantitative estimate of drug-likeness (QED) is 0.740. The summed E-state index contributed by atoms with van der Waals surface area (Å²) in [5.74, 6) is -0.371. The first-order valence-corrected chi connectivity index (χ1v) is 9.75. The number of carbonyl (C=O) groups excluding carboxylic acids is 1. The Hall–Kier alpha value is -3.03. The third kappa shape index (κ3) is 4.36. The van der Waals surface area contributed by atoms with E-state index >= 15 is 0 Å². The van der Waals surface area contributed by atoms with Crippen LogP contribution in [-0.4, -0.2) is 47.0 Å². The highest BCUT2D eigenvalue weighted by Gasteiger charge is 2.32. The van der Waals surface area contributed by atoms with Crippen molar-refractivity contribution in [3.8, 4) is 22.8 Å². The van der Waals surface area contributed by atoms with Gasteiger partial charge in [0, 0.05) is 7.05 Å². The number of aryl methyl sites for hydroxylation is 1. The average molecular weight is 401 g/mol. The second-order valence-corrected chi connectivity index (χ2v) is 7.26. The Balaban J connectivity index is 1.88. The third-order valence-corrected chi connectivity index (χ3v) is 5.47. The molecular formula is C21H27N3O5. The second-order valence-electron chi connectivity index (χ2n) is 7.26. The largest absolute Gasteiger partial charge is 0.496 e. The number of hydrogen-bond acceptors (Lipinski definition) is 5. The van der Waals surface area contributed by atoms with Crippen molar-refractivity contribution >= 4 is 11.9 Å². The van der Waals surface area contributed by atoms with Gasteiger partial charge in [-0.2, -0.15) is 5.10 Å². The lowest BCUT2D eigenvalue weighted by Gasteiger charge is -2.27. The number of benzene rings is 1. The number of aromatic nitrogens is 2. The van der Waals surface area contributed by atoms with Gasteiger partial charge in [0.15, 0.2) is 0 Å². The van der Waals surface area contributed by atoms with Crippen LogP contribution in [0.3, 0.4) is 0 Å². The first kappa shape index (κ1) is 20.7. The molecule has 3 rings (SSSR count). The van der Waals surface area contributed by atoms with E-state index in [0.29, 0.717) is 22.8 Å². The van der Waals surface area contributed by atoms with Gasteiger partial charge < -0.3 is 19.9 Å². The summed E-state index contributed by atoms with van der Waals surface area (Å²) in [6.07, 6.45) is 4.72. The van der Waals surface area contributed by atoms with Crippen molar-refractivity contribution in [3.63, 3.8) is 0 Å². The molecule has 8 heteroatoms. The standard InChI is InChI=1S/C21H27N3O5/c1-24-15(20(25)22-19(21(26)27)13-8-5-4-6-9-13)12-14(23-24)18-16(28-2)10-7-11-17(18)29-3/h7,10-13,19H,4-6,8-9H2,1-3H3,(H,22,25)(H,26,27)/t19-/m0/s1. The summed E-state index contributed by atoms with van der Waals surface area (Å²) >= 11 is 0. The maximum atomic E-state index is 12.9. The molecule has 2 aromatic rings. The highest BCUT2D eigenvalue weighted by atomic mass is 16.5. The first-order chi connectivity index (χ1) is 14.0. The second kappa shape index (κ2) is 8.98. The topological polar surface area (TPSA) is 103 Å². The fourth-order valence-electron chi connectivity index (χ4n) is 3.97. The van der Waals surface area contributed by atoms with Gasteiger partial charge in [-0.3, -0.25) is 9.48 Å². The zero-order chi connectivity index (χ0) is 21.0. The number of carbonyl (C=O) groups is 2. The molecule has 29 heavy (non-hydrogen) atoms. The van der Waals surface area contributed by atoms with Crippen molar-refractivity contribution in [3.05, 3.63) is 30.0 Å². The van der Waals surface area contributed by atoms with Gasteiger partial charge in [-0.15, -0.1) is 0 Å². The number of rotatable bonds is 7. The van der Waals surface area contributed by atoms with Crippen molar-refractivity contribution in [2.75, 3.05) is 14.2 Å². The van der Waals surface area contributed by atoms with Crippen LogP contribution in [-0.2, 0) is 11.8 Å². The van der Waals surface area contributed by atoms with E-state index in [1.54, 1.807) is 45.5 Å². The number of hydrogen-bond donors (Lipinski definition) is 2. The zero-order valence-electron chi connectivity index (χ0n) is 17.0. The molecule has 2 N–H and O–H groups in total. The molecule has 0 unspecified atom stereocenters. The van der Waals surface area contributed by atoms with Gasteiger partial charge in [-0.05, 0) is 37.0 Å². The molecule has 0 bridgehead atoms. The normalized spacial score (nSPS) is 15.6. The lowest BCUT2D eigenvalue weighted by atomic mass is 9.84. The van der Waals surface area contributed by atoms with Crippen LogP contribution >= 0.6 is 0 Å². The van der Waals surface area contributed by atoms with Crippen LogP contribution in [0.4, 0.5) is 0 Å². The summed E-state index contributed by atoms with van der Waals surface area (Å²) in [6.45, 7) is 0. The van der Waals surface area contributed by atoms with Crippen molar-refractivity contribution in [1.82, 2.24) is 15.1 Å². The van der Waals surface area contributed by atoms with Gasteiger partial charge in [0.05, 0.1) is 19.8 Å². The van der Waals surface area contributed by atoms with Gasteiger partial charge in [-0.1, -0.05) is 25.3 Å². The van der Waals surface area contributed by atoms with Gasteiger partial charge in [-0.25, -0.2) is 4.79 Å². The van der Waals surface area contributed by atoms with Crippen molar-refractivity contribution in [2.24, 2.45) is 13.0 Å². The van der Waals surface area contributed by atoms with Crippen molar-refractivity contribution in [2.45, 2.75) is 38.1 Å². The Kier molecular flexibility index (Phi) is 6.41. The number of ether oxygens (including phenoxy) is 2. The number of carboxylic acids is 1. The summed E-state index contributed by atoms with van der Waals surface area (Å²) in [5, 5.41) is 16.8. The Labute approximate surface area is 169 Å². The number of amides is 1. The van der Waals surface area contributed by atoms with Gasteiger partial charge in [0.1, 0.15) is 28.9 Å². The number of nitrogens with one attached hydrogen (secondary N) is 1. The molecule has 1 aromatic heterocycles. The van der Waals surface area contributed by atoms with E-state index in [1.807, 2.05) is 0 Å². The Morgan fingerprint density at radius 3 is 2.34 bits per heavy atom. The molecule has 1 aliphatic rings. The molecule has 8 nitrogen and oxygen atoms in total. The van der Waals surface area contributed by atoms with E-state index in [0.717, 1.165) is 32.1 Å². The Bertz CT molecular complexity index is 864. The molecule has 1 fully saturated rings. The molecule has 0 radical (unpaired) electrons. The molecule has 156 valence electrons. The fourth-order valence-corrected chi connectivity index (χ4v) is 3.97. The summed E-state index contributed by atoms with van der Waals surface area (Å²) < 4.78 is 12.3. The van der Waals surface area contributed by atoms with Crippen LogP contribution in [0.25, 0.3) is 11.3 Å². The molecule has 0 saturated heterocycles. The van der Waals surface area contributed by atoms with E-state index in [-0.39, 0.29) is 11.6 Å². The maximum absolute atomic E-state index is 12.9. The van der Waals surface area contributed by atoms with Crippen LogP contribution in [0, 0.1) is 5.92 Å². The van der Waals surface area contributed by atoms with Gasteiger partial charge in [0.25, 0.3) is 5.91 Å². The average Bonchev–Trinajstić information content (AvgIpc) is 3.12. The summed E-state index contributed by atoms with van der Waals surface area (Å²) in [7, 11) is 4.75. The summed E-state index contributed by atoms with van der Waals surface area (Å²) in [4.78, 5) is 24.7. The predicted molar refractivity (Wildman–Crippen MR) is 107 cm³/mol. The number of aliphatic carboxylic acids is 1. The van der Waals surface area contributed by atoms with Crippen molar-refractivity contribution in [1.29, 1.82) is 0 Å². The van der Waals surface area contributed by atoms with E-state index in [2.05, 4.69) is 10.4 Å². The van der Waals surface area contributed by atoms with Crippen LogP contribution in [0.1, 0.15) is 42.6 Å². The van der Waals surface area contributed by atoms with Crippen LogP contribution in [0.15, 0.2) is 24.3 Å². The number of methoxy groups -OCH3 is 2. The molecule has 1 amide bonds. The molecule has 0 aliphatic heterocycles. The highest BCUT2D eigenvalue weighted by Crippen LogP contribution is 2.37. The monoisotopic (exact) mass is 401 g/mol. The summed E-state index contributed by atoms with van der Waals surface area (Å²) in [5.41, 5.74) is 1.42. The minimum Gasteiger partial charge on any atom is -0.496 e. The van der Waals surface area contributed by atoms with E-state index in [9.17, 15) is 14.7 Å². The molecule has 1 heterocycles. The lowest BCUT2D eigenvalue weighted by Crippen LogP contribution is -2.47. The highest BCUT2D eigenvalue weighted by molar-refractivity contribution is 5.96. The fraction of sp³-hybridized carbons (Fsp3) is 0.476. The third-order valence-electron chi connectivity index (χ3n) is 5.47. The minimum atomic E-state index is -1.00. The molecule has 1 aliphatic carbocycles. The lowest BCUT2D eigenvalue weighted by molar-refractivity contribution is -0.141. The maximum Gasteiger partial charge on any atom is 0.326 e. The smallest absolute Gasteiger partial charge is 0.326 e. The molecular weight excluding hydrogens is 374 g/mol. The number of nitrogens with zero attached hydrogens (tertiary/aromatic N) is 2. The molecule has 1 saturated carbocycles. The predicted octanol–water partition coefficient (Wildman–Crippen LogP) is 2.87. The van der Waals surface area contributed by atoms with Crippen LogP contribution < -0.4 is 14.8 Å². The van der Waals surface area contributed by atoms with Crippen molar-refractivity contribution < 1.29 is 24.2 Å². The molecule has 1 aromatic carbocycles. The first-order valence-electron chi connectivity index (χ1n) is 9.75. The zero-order valence-corrected chi connectivity index (χ0v) is 17.0. The van der Waals surface area contributed by atoms with Gasteiger partial charge >= 0.3 is 5.97 Å². The SMILES string of the molecule is COc1cccc(OC)c1-c1cc(C(=O)N[C@H](C(=O)O)C2CCCCC2)n(C)n1. The Morgan fingerprint density at radius 1 is 1.17 bits per heavy atom. The van der Waals surface area contributed by atoms with E-state index in [1.165, 1.54) is 4.68 Å². The van der Waals surface area contributed by atoms with E-state index in [4.69, 9.17) is 9.47 Å². The summed E-state index contributed by atoms with van der Waals surface area (Å²) in [6, 6.07) is 6.10. The van der Waals surface area contributed by atoms with Gasteiger partial charge in [0.2, 0.25) is 0 Å². The van der Waals surface area contributed by atoms with E-state index < -0.39 is 17.9 Å². The molecule has 1 atom stereocenters. The van der Waals surface area contributed by atoms with Crippen LogP contribution in [0.5, 0.6) is 11.5 Å². The van der Waals surface area contributed by atoms with Crippen LogP contribution in [0.2, 0.25) is 0 Å². The minimum absolute atomic E-state index is 0.0489. The molecule has 0 spiro atoms.